The number of hydrogen-bond donors (Lipinski definition) is 0. The number of unbranched alkanes of at least 4 members (excludes halogenated alkanes) is 10. The predicted octanol–water partition coefficient (Wildman–Crippen LogP) is 6.28. The average molecular weight is 286 g/mol. The van der Waals surface area contributed by atoms with Gasteiger partial charge in [-0.1, -0.05) is 91.4 Å². The molecule has 0 atom stereocenters. The van der Waals surface area contributed by atoms with E-state index in [9.17, 15) is 4.79 Å². The standard InChI is InChI=1S/C15H30O2.C3H8/c1-3-4-5-6-7-8-9-10-11-12-13-14-17-15(2)16;1-3-2/h3-14H2,1-2H3;3H2,1-2H3. The second-order valence-corrected chi connectivity index (χ2v) is 5.58. The Labute approximate surface area is 127 Å². The zero-order valence-corrected chi connectivity index (χ0v) is 14.5. The summed E-state index contributed by atoms with van der Waals surface area (Å²) in [6.45, 7) is 8.58. The molecule has 0 heterocycles. The molecule has 0 rings (SSSR count). The molecule has 0 aromatic heterocycles. The van der Waals surface area contributed by atoms with Crippen molar-refractivity contribution < 1.29 is 9.53 Å². The topological polar surface area (TPSA) is 26.3 Å². The van der Waals surface area contributed by atoms with Crippen LogP contribution in [0.15, 0.2) is 0 Å². The summed E-state index contributed by atoms with van der Waals surface area (Å²) in [5.41, 5.74) is 0. The van der Waals surface area contributed by atoms with Crippen LogP contribution in [-0.2, 0) is 9.53 Å². The number of carbonyl (C=O) groups excluding carboxylic acids is 1. The largest absolute Gasteiger partial charge is 0.466 e. The summed E-state index contributed by atoms with van der Waals surface area (Å²) < 4.78 is 4.89. The SMILES string of the molecule is CCC.CCCCCCCCCCCCCOC(C)=O. The van der Waals surface area contributed by atoms with Gasteiger partial charge in [-0.05, 0) is 6.42 Å². The van der Waals surface area contributed by atoms with Crippen molar-refractivity contribution in [1.29, 1.82) is 0 Å². The maximum absolute atomic E-state index is 10.5. The Hall–Kier alpha value is -0.530. The molecule has 0 amide bonds. The van der Waals surface area contributed by atoms with Gasteiger partial charge in [0.2, 0.25) is 0 Å². The first-order valence-electron chi connectivity index (χ1n) is 8.82. The highest BCUT2D eigenvalue weighted by atomic mass is 16.5. The highest BCUT2D eigenvalue weighted by Gasteiger charge is 1.94. The second kappa shape index (κ2) is 20.8. The third-order valence-electron chi connectivity index (χ3n) is 3.05. The van der Waals surface area contributed by atoms with E-state index in [0.29, 0.717) is 6.61 Å². The van der Waals surface area contributed by atoms with E-state index in [1.165, 1.54) is 77.6 Å². The van der Waals surface area contributed by atoms with Crippen LogP contribution in [0.3, 0.4) is 0 Å². The Bertz CT molecular complexity index is 178. The minimum atomic E-state index is -0.155. The van der Waals surface area contributed by atoms with Gasteiger partial charge in [0, 0.05) is 6.92 Å². The summed E-state index contributed by atoms with van der Waals surface area (Å²) in [7, 11) is 0. The zero-order chi connectivity index (χ0) is 15.5. The molecule has 0 unspecified atom stereocenters. The molecule has 0 fully saturated rings. The smallest absolute Gasteiger partial charge is 0.302 e. The lowest BCUT2D eigenvalue weighted by molar-refractivity contribution is -0.141. The number of carbonyl (C=O) groups is 1. The lowest BCUT2D eigenvalue weighted by Gasteiger charge is -2.03. The molecule has 0 aliphatic rings. The lowest BCUT2D eigenvalue weighted by atomic mass is 10.1. The first-order chi connectivity index (χ1) is 9.68. The molecule has 0 saturated carbocycles. The van der Waals surface area contributed by atoms with Crippen LogP contribution in [0.25, 0.3) is 0 Å². The monoisotopic (exact) mass is 286 g/mol. The van der Waals surface area contributed by atoms with Crippen molar-refractivity contribution >= 4 is 5.97 Å². The molecule has 0 saturated heterocycles. The number of hydrogen-bond acceptors (Lipinski definition) is 2. The van der Waals surface area contributed by atoms with E-state index in [1.54, 1.807) is 0 Å². The van der Waals surface area contributed by atoms with Crippen LogP contribution < -0.4 is 0 Å². The fourth-order valence-electron chi connectivity index (χ4n) is 1.98. The predicted molar refractivity (Wildman–Crippen MR) is 89.1 cm³/mol. The van der Waals surface area contributed by atoms with E-state index in [1.807, 2.05) is 0 Å². The van der Waals surface area contributed by atoms with Gasteiger partial charge in [0.1, 0.15) is 0 Å². The molecular formula is C18H38O2. The molecule has 2 nitrogen and oxygen atoms in total. The van der Waals surface area contributed by atoms with Gasteiger partial charge in [-0.15, -0.1) is 0 Å². The Morgan fingerprint density at radius 3 is 1.40 bits per heavy atom. The minimum Gasteiger partial charge on any atom is -0.466 e. The van der Waals surface area contributed by atoms with Gasteiger partial charge in [0.05, 0.1) is 6.61 Å². The summed E-state index contributed by atoms with van der Waals surface area (Å²) in [4.78, 5) is 10.5. The number of rotatable bonds is 12. The van der Waals surface area contributed by atoms with Crippen molar-refractivity contribution in [2.75, 3.05) is 6.61 Å². The van der Waals surface area contributed by atoms with Crippen LogP contribution in [0.4, 0.5) is 0 Å². The van der Waals surface area contributed by atoms with Crippen molar-refractivity contribution in [3.8, 4) is 0 Å². The first-order valence-corrected chi connectivity index (χ1v) is 8.82. The normalized spacial score (nSPS) is 9.80. The molecule has 0 aromatic carbocycles. The average Bonchev–Trinajstić information content (AvgIpc) is 2.40. The quantitative estimate of drug-likeness (QED) is 0.312. The highest BCUT2D eigenvalue weighted by molar-refractivity contribution is 5.65. The maximum atomic E-state index is 10.5. The van der Waals surface area contributed by atoms with Crippen LogP contribution in [-0.4, -0.2) is 12.6 Å². The molecule has 0 N–H and O–H groups in total. The molecule has 0 aliphatic carbocycles. The molecular weight excluding hydrogens is 248 g/mol. The van der Waals surface area contributed by atoms with Crippen LogP contribution in [0.5, 0.6) is 0 Å². The molecule has 0 aromatic rings. The van der Waals surface area contributed by atoms with E-state index < -0.39 is 0 Å². The van der Waals surface area contributed by atoms with Gasteiger partial charge in [0.15, 0.2) is 0 Å². The zero-order valence-electron chi connectivity index (χ0n) is 14.5. The van der Waals surface area contributed by atoms with Gasteiger partial charge in [0.25, 0.3) is 0 Å². The summed E-state index contributed by atoms with van der Waals surface area (Å²) in [6, 6.07) is 0. The summed E-state index contributed by atoms with van der Waals surface area (Å²) >= 11 is 0. The minimum absolute atomic E-state index is 0.155. The van der Waals surface area contributed by atoms with E-state index in [0.717, 1.165) is 6.42 Å². The molecule has 0 bridgehead atoms. The van der Waals surface area contributed by atoms with E-state index >= 15 is 0 Å². The first kappa shape index (κ1) is 21.8. The van der Waals surface area contributed by atoms with E-state index in [-0.39, 0.29) is 5.97 Å². The molecule has 0 radical (unpaired) electrons. The van der Waals surface area contributed by atoms with Gasteiger partial charge >= 0.3 is 5.97 Å². The third kappa shape index (κ3) is 26.1. The van der Waals surface area contributed by atoms with E-state index in [2.05, 4.69) is 20.8 Å². The summed E-state index contributed by atoms with van der Waals surface area (Å²) in [5, 5.41) is 0. The van der Waals surface area contributed by atoms with Gasteiger partial charge < -0.3 is 4.74 Å². The molecule has 0 spiro atoms. The highest BCUT2D eigenvalue weighted by Crippen LogP contribution is 2.11. The number of ether oxygens (including phenoxy) is 1. The van der Waals surface area contributed by atoms with Crippen LogP contribution in [0.1, 0.15) is 105 Å². The van der Waals surface area contributed by atoms with Gasteiger partial charge in [-0.2, -0.15) is 0 Å². The maximum Gasteiger partial charge on any atom is 0.302 e. The van der Waals surface area contributed by atoms with Crippen molar-refractivity contribution in [1.82, 2.24) is 0 Å². The fraction of sp³-hybridized carbons (Fsp3) is 0.944. The van der Waals surface area contributed by atoms with Crippen LogP contribution in [0, 0.1) is 0 Å². The summed E-state index contributed by atoms with van der Waals surface area (Å²) in [6.07, 6.45) is 15.8. The van der Waals surface area contributed by atoms with E-state index in [4.69, 9.17) is 4.74 Å². The molecule has 2 heteroatoms. The number of esters is 1. The molecule has 122 valence electrons. The molecule has 0 aliphatic heterocycles. The Morgan fingerprint density at radius 1 is 0.700 bits per heavy atom. The Balaban J connectivity index is 0. The second-order valence-electron chi connectivity index (χ2n) is 5.58. The molecule has 20 heavy (non-hydrogen) atoms. The lowest BCUT2D eigenvalue weighted by Crippen LogP contribution is -2.00. The van der Waals surface area contributed by atoms with Crippen LogP contribution in [0.2, 0.25) is 0 Å². The summed E-state index contributed by atoms with van der Waals surface area (Å²) in [5.74, 6) is -0.155. The van der Waals surface area contributed by atoms with Crippen molar-refractivity contribution in [3.05, 3.63) is 0 Å². The Kier molecular flexibility index (Phi) is 22.6. The van der Waals surface area contributed by atoms with Gasteiger partial charge in [-0.3, -0.25) is 4.79 Å². The fourth-order valence-corrected chi connectivity index (χ4v) is 1.98. The van der Waals surface area contributed by atoms with Crippen molar-refractivity contribution in [2.45, 2.75) is 105 Å². The van der Waals surface area contributed by atoms with Crippen molar-refractivity contribution in [3.63, 3.8) is 0 Å². The third-order valence-corrected chi connectivity index (χ3v) is 3.05. The van der Waals surface area contributed by atoms with Crippen LogP contribution >= 0.6 is 0 Å². The van der Waals surface area contributed by atoms with Crippen molar-refractivity contribution in [2.24, 2.45) is 0 Å². The van der Waals surface area contributed by atoms with Gasteiger partial charge in [-0.25, -0.2) is 0 Å². The Morgan fingerprint density at radius 2 is 1.05 bits per heavy atom.